The highest BCUT2D eigenvalue weighted by atomic mass is 32.2. The first-order valence-corrected chi connectivity index (χ1v) is 8.86. The summed E-state index contributed by atoms with van der Waals surface area (Å²) in [5.74, 6) is -2.09. The smallest absolute Gasteiger partial charge is 0.328 e. The van der Waals surface area contributed by atoms with Crippen LogP contribution in [0.2, 0.25) is 0 Å². The van der Waals surface area contributed by atoms with Crippen LogP contribution in [-0.2, 0) is 30.4 Å². The predicted octanol–water partition coefficient (Wildman–Crippen LogP) is -1.54. The van der Waals surface area contributed by atoms with Gasteiger partial charge in [-0.1, -0.05) is 0 Å². The minimum absolute atomic E-state index is 0.206. The van der Waals surface area contributed by atoms with Crippen molar-refractivity contribution in [3.05, 3.63) is 0 Å². The molecular formula is C10H16N2O6S2. The fourth-order valence-corrected chi connectivity index (χ4v) is 5.34. The average molecular weight is 324 g/mol. The number of β-lactam (4-membered cyclic amide) rings is 1. The zero-order valence-electron chi connectivity index (χ0n) is 11.2. The maximum atomic E-state index is 12.4. The molecule has 0 saturated carbocycles. The Morgan fingerprint density at radius 2 is 2.05 bits per heavy atom. The van der Waals surface area contributed by atoms with Crippen molar-refractivity contribution in [1.29, 1.82) is 0 Å². The number of nitrogens with one attached hydrogen (secondary N) is 1. The first-order valence-electron chi connectivity index (χ1n) is 6.00. The molecule has 0 aliphatic carbocycles. The number of carboxylic acids is 1. The Morgan fingerprint density at radius 1 is 1.50 bits per heavy atom. The lowest BCUT2D eigenvalue weighted by molar-refractivity contribution is -0.159. The van der Waals surface area contributed by atoms with Gasteiger partial charge in [0.25, 0.3) is 0 Å². The molecule has 2 heterocycles. The lowest BCUT2D eigenvalue weighted by atomic mass is 9.96. The van der Waals surface area contributed by atoms with Crippen molar-refractivity contribution in [2.75, 3.05) is 5.75 Å². The summed E-state index contributed by atoms with van der Waals surface area (Å²) in [4.78, 5) is 24.3. The third-order valence-electron chi connectivity index (χ3n) is 3.67. The van der Waals surface area contributed by atoms with Crippen LogP contribution in [0.25, 0.3) is 0 Å². The second kappa shape index (κ2) is 4.50. The van der Waals surface area contributed by atoms with Gasteiger partial charge in [0.2, 0.25) is 15.9 Å². The summed E-state index contributed by atoms with van der Waals surface area (Å²) < 4.78 is 36.5. The first-order chi connectivity index (χ1) is 9.04. The molecule has 0 aromatic carbocycles. The molecule has 114 valence electrons. The topological polar surface area (TPSA) is 121 Å². The zero-order chi connectivity index (χ0) is 15.5. The number of hydrogen-bond acceptors (Lipinski definition) is 5. The Bertz CT molecular complexity index is 599. The molecule has 2 aliphatic rings. The van der Waals surface area contributed by atoms with Crippen LogP contribution in [0.3, 0.4) is 0 Å². The molecular weight excluding hydrogens is 308 g/mol. The minimum atomic E-state index is -3.63. The SMILES string of the molecule is CCS(=O)(=O)N[C@@H]1C(=O)N2[C@@H]1S(=O)C(C)(C)[C@@H]2C(=O)O. The van der Waals surface area contributed by atoms with E-state index in [4.69, 9.17) is 0 Å². The van der Waals surface area contributed by atoms with E-state index in [0.717, 1.165) is 4.90 Å². The lowest BCUT2D eigenvalue weighted by Crippen LogP contribution is -2.71. The minimum Gasteiger partial charge on any atom is -0.480 e. The molecule has 2 N–H and O–H groups in total. The molecule has 2 saturated heterocycles. The van der Waals surface area contributed by atoms with Crippen molar-refractivity contribution in [3.8, 4) is 0 Å². The Kier molecular flexibility index (Phi) is 3.46. The number of rotatable bonds is 4. The van der Waals surface area contributed by atoms with E-state index in [2.05, 4.69) is 4.72 Å². The largest absolute Gasteiger partial charge is 0.480 e. The van der Waals surface area contributed by atoms with Gasteiger partial charge in [0, 0.05) is 0 Å². The van der Waals surface area contributed by atoms with Crippen molar-refractivity contribution in [2.45, 2.75) is 43.0 Å². The summed E-state index contributed by atoms with van der Waals surface area (Å²) in [7, 11) is -5.29. The number of hydrogen-bond donors (Lipinski definition) is 2. The van der Waals surface area contributed by atoms with Crippen molar-refractivity contribution in [2.24, 2.45) is 0 Å². The van der Waals surface area contributed by atoms with E-state index in [0.29, 0.717) is 0 Å². The Labute approximate surface area is 119 Å². The average Bonchev–Trinajstić information content (AvgIpc) is 2.53. The summed E-state index contributed by atoms with van der Waals surface area (Å²) in [5.41, 5.74) is 0. The number of nitrogens with zero attached hydrogens (tertiary/aromatic N) is 1. The highest BCUT2D eigenvalue weighted by Crippen LogP contribution is 2.43. The number of sulfonamides is 1. The number of carbonyl (C=O) groups excluding carboxylic acids is 1. The van der Waals surface area contributed by atoms with Gasteiger partial charge < -0.3 is 10.0 Å². The van der Waals surface area contributed by atoms with Gasteiger partial charge in [-0.15, -0.1) is 0 Å². The molecule has 2 aliphatic heterocycles. The summed E-state index contributed by atoms with van der Waals surface area (Å²) in [6.07, 6.45) is 0. The highest BCUT2D eigenvalue weighted by Gasteiger charge is 2.68. The zero-order valence-corrected chi connectivity index (χ0v) is 12.8. The van der Waals surface area contributed by atoms with E-state index < -0.39 is 54.9 Å². The van der Waals surface area contributed by atoms with E-state index in [9.17, 15) is 27.3 Å². The van der Waals surface area contributed by atoms with Crippen LogP contribution in [0, 0.1) is 0 Å². The van der Waals surface area contributed by atoms with Crippen LogP contribution < -0.4 is 4.72 Å². The van der Waals surface area contributed by atoms with Crippen molar-refractivity contribution < 1.29 is 27.3 Å². The van der Waals surface area contributed by atoms with E-state index in [1.54, 1.807) is 0 Å². The standard InChI is InChI=1S/C10H16N2O6S2/c1-4-20(17,18)11-5-7(13)12-6(9(14)15)10(2,3)19(16)8(5)12/h5-6,8,11H,4H2,1-3H3,(H,14,15)/t5-,6+,8-,19?/m1/s1. The van der Waals surface area contributed by atoms with Gasteiger partial charge in [0.05, 0.1) is 21.3 Å². The second-order valence-electron chi connectivity index (χ2n) is 5.28. The van der Waals surface area contributed by atoms with Crippen LogP contribution in [0.1, 0.15) is 20.8 Å². The molecule has 2 rings (SSSR count). The van der Waals surface area contributed by atoms with Crippen LogP contribution >= 0.6 is 0 Å². The quantitative estimate of drug-likeness (QED) is 0.604. The van der Waals surface area contributed by atoms with Gasteiger partial charge >= 0.3 is 5.97 Å². The molecule has 20 heavy (non-hydrogen) atoms. The van der Waals surface area contributed by atoms with Gasteiger partial charge in [-0.05, 0) is 20.8 Å². The molecule has 2 fully saturated rings. The molecule has 1 unspecified atom stereocenters. The maximum absolute atomic E-state index is 12.4. The Hall–Kier alpha value is -1.00. The third-order valence-corrected chi connectivity index (χ3v) is 7.25. The number of fused-ring (bicyclic) bond motifs is 1. The van der Waals surface area contributed by atoms with Crippen LogP contribution in [0.4, 0.5) is 0 Å². The van der Waals surface area contributed by atoms with Crippen molar-refractivity contribution in [1.82, 2.24) is 9.62 Å². The molecule has 1 amide bonds. The maximum Gasteiger partial charge on any atom is 0.328 e. The van der Waals surface area contributed by atoms with Gasteiger partial charge in [-0.3, -0.25) is 9.00 Å². The van der Waals surface area contributed by atoms with E-state index in [-0.39, 0.29) is 5.75 Å². The van der Waals surface area contributed by atoms with Gasteiger partial charge in [0.15, 0.2) is 0 Å². The summed E-state index contributed by atoms with van der Waals surface area (Å²) >= 11 is 0. The Balaban J connectivity index is 2.34. The molecule has 8 nitrogen and oxygen atoms in total. The normalized spacial score (nSPS) is 35.5. The lowest BCUT2D eigenvalue weighted by Gasteiger charge is -2.42. The number of amides is 1. The fraction of sp³-hybridized carbons (Fsp3) is 0.800. The predicted molar refractivity (Wildman–Crippen MR) is 70.7 cm³/mol. The van der Waals surface area contributed by atoms with Gasteiger partial charge in [0.1, 0.15) is 17.5 Å². The molecule has 0 aromatic heterocycles. The molecule has 0 bridgehead atoms. The summed E-state index contributed by atoms with van der Waals surface area (Å²) in [6, 6.07) is -2.34. The fourth-order valence-electron chi connectivity index (χ4n) is 2.55. The molecule has 0 aromatic rings. The highest BCUT2D eigenvalue weighted by molar-refractivity contribution is 7.90. The monoisotopic (exact) mass is 324 g/mol. The number of carboxylic acid groups (broad SMARTS) is 1. The van der Waals surface area contributed by atoms with Crippen LogP contribution in [-0.4, -0.2) is 62.5 Å². The second-order valence-corrected chi connectivity index (χ2v) is 9.45. The number of aliphatic carboxylic acids is 1. The summed E-state index contributed by atoms with van der Waals surface area (Å²) in [5, 5.41) is 8.29. The molecule has 10 heteroatoms. The van der Waals surface area contributed by atoms with Crippen LogP contribution in [0.15, 0.2) is 0 Å². The summed E-state index contributed by atoms with van der Waals surface area (Å²) in [6.45, 7) is 4.41. The molecule has 0 radical (unpaired) electrons. The van der Waals surface area contributed by atoms with Gasteiger partial charge in [-0.2, -0.15) is 4.72 Å². The first kappa shape index (κ1) is 15.4. The van der Waals surface area contributed by atoms with E-state index in [1.807, 2.05) is 0 Å². The molecule has 0 spiro atoms. The van der Waals surface area contributed by atoms with E-state index >= 15 is 0 Å². The third kappa shape index (κ3) is 1.97. The Morgan fingerprint density at radius 3 is 2.50 bits per heavy atom. The van der Waals surface area contributed by atoms with E-state index in [1.165, 1.54) is 20.8 Å². The van der Waals surface area contributed by atoms with Crippen LogP contribution in [0.5, 0.6) is 0 Å². The number of carbonyl (C=O) groups is 2. The van der Waals surface area contributed by atoms with Crippen molar-refractivity contribution >= 4 is 32.7 Å². The van der Waals surface area contributed by atoms with Gasteiger partial charge in [-0.25, -0.2) is 13.2 Å². The molecule has 4 atom stereocenters. The van der Waals surface area contributed by atoms with Crippen molar-refractivity contribution in [3.63, 3.8) is 0 Å².